The molecule has 0 unspecified atom stereocenters. The molecule has 0 aliphatic rings. The van der Waals surface area contributed by atoms with E-state index in [1.54, 1.807) is 30.3 Å². The second-order valence-corrected chi connectivity index (χ2v) is 9.71. The third-order valence-electron chi connectivity index (χ3n) is 6.36. The molecule has 0 saturated heterocycles. The molecule has 5 N–H and O–H groups in total. The largest absolute Gasteiger partial charge is 0.490 e. The first-order valence-electron chi connectivity index (χ1n) is 13.2. The normalized spacial score (nSPS) is 11.9. The molecule has 0 aliphatic heterocycles. The van der Waals surface area contributed by atoms with Gasteiger partial charge in [-0.15, -0.1) is 0 Å². The van der Waals surface area contributed by atoms with E-state index in [4.69, 9.17) is 9.84 Å². The van der Waals surface area contributed by atoms with E-state index in [0.717, 1.165) is 27.6 Å². The second-order valence-electron chi connectivity index (χ2n) is 9.71. The highest BCUT2D eigenvalue weighted by molar-refractivity contribution is 5.99. The van der Waals surface area contributed by atoms with Gasteiger partial charge in [0.15, 0.2) is 0 Å². The van der Waals surface area contributed by atoms with Gasteiger partial charge in [0, 0.05) is 35.8 Å². The lowest BCUT2D eigenvalue weighted by Gasteiger charge is -2.19. The summed E-state index contributed by atoms with van der Waals surface area (Å²) in [6, 6.07) is 19.9. The van der Waals surface area contributed by atoms with Crippen LogP contribution in [0.2, 0.25) is 0 Å². The Morgan fingerprint density at radius 1 is 0.949 bits per heavy atom. The number of H-pyrrole nitrogens is 1. The van der Waals surface area contributed by atoms with E-state index >= 15 is 0 Å². The maximum atomic E-state index is 13.5. The number of aliphatic hydroxyl groups is 2. The molecule has 4 rings (SSSR count). The number of aromatic nitrogens is 1. The Labute approximate surface area is 228 Å². The number of aromatic amines is 1. The molecule has 8 nitrogen and oxygen atoms in total. The van der Waals surface area contributed by atoms with Crippen LogP contribution >= 0.6 is 0 Å². The van der Waals surface area contributed by atoms with E-state index in [2.05, 4.69) is 15.6 Å². The highest BCUT2D eigenvalue weighted by Gasteiger charge is 2.20. The first-order valence-corrected chi connectivity index (χ1v) is 13.2. The summed E-state index contributed by atoms with van der Waals surface area (Å²) in [5, 5.41) is 25.9. The topological polar surface area (TPSA) is 124 Å². The molecular formula is C31H35N3O5. The Kier molecular flexibility index (Phi) is 9.35. The maximum absolute atomic E-state index is 13.5. The third kappa shape index (κ3) is 7.04. The maximum Gasteiger partial charge on any atom is 0.255 e. The molecule has 204 valence electrons. The van der Waals surface area contributed by atoms with Crippen molar-refractivity contribution >= 4 is 22.7 Å². The Balaban J connectivity index is 1.58. The Hall–Kier alpha value is -4.14. The minimum atomic E-state index is -0.502. The zero-order chi connectivity index (χ0) is 27.8. The Morgan fingerprint density at radius 3 is 2.51 bits per heavy atom. The fraction of sp³-hybridized carbons (Fsp3) is 0.290. The molecule has 0 bridgehead atoms. The molecule has 2 amide bonds. The van der Waals surface area contributed by atoms with Crippen LogP contribution in [0.4, 0.5) is 0 Å². The molecule has 39 heavy (non-hydrogen) atoms. The number of rotatable bonds is 12. The van der Waals surface area contributed by atoms with Crippen LogP contribution < -0.4 is 15.4 Å². The fourth-order valence-electron chi connectivity index (χ4n) is 4.46. The number of carbonyl (C=O) groups is 2. The van der Waals surface area contributed by atoms with Crippen molar-refractivity contribution in [3.63, 3.8) is 0 Å². The van der Waals surface area contributed by atoms with E-state index in [9.17, 15) is 14.7 Å². The molecule has 0 saturated carbocycles. The van der Waals surface area contributed by atoms with Crippen molar-refractivity contribution in [3.05, 3.63) is 89.6 Å². The summed E-state index contributed by atoms with van der Waals surface area (Å²) in [7, 11) is 0. The van der Waals surface area contributed by atoms with Gasteiger partial charge >= 0.3 is 0 Å². The zero-order valence-electron chi connectivity index (χ0n) is 22.2. The van der Waals surface area contributed by atoms with E-state index in [1.165, 1.54) is 0 Å². The number of hydrogen-bond donors (Lipinski definition) is 5. The quantitative estimate of drug-likeness (QED) is 0.177. The molecule has 0 spiro atoms. The summed E-state index contributed by atoms with van der Waals surface area (Å²) in [5.41, 5.74) is 4.35. The van der Waals surface area contributed by atoms with Crippen molar-refractivity contribution in [1.82, 2.24) is 15.6 Å². The summed E-state index contributed by atoms with van der Waals surface area (Å²) in [5.74, 6) is -0.150. The van der Waals surface area contributed by atoms with Crippen molar-refractivity contribution in [1.29, 1.82) is 0 Å². The lowest BCUT2D eigenvalue weighted by atomic mass is 9.99. The summed E-state index contributed by atoms with van der Waals surface area (Å²) < 4.78 is 5.94. The number of amides is 2. The number of aliphatic hydroxyl groups excluding tert-OH is 2. The summed E-state index contributed by atoms with van der Waals surface area (Å²) in [4.78, 5) is 29.3. The van der Waals surface area contributed by atoms with E-state index in [0.29, 0.717) is 36.3 Å². The van der Waals surface area contributed by atoms with Gasteiger partial charge in [-0.1, -0.05) is 36.4 Å². The van der Waals surface area contributed by atoms with Gasteiger partial charge in [-0.3, -0.25) is 9.59 Å². The average Bonchev–Trinajstić information content (AvgIpc) is 3.35. The van der Waals surface area contributed by atoms with E-state index in [-0.39, 0.29) is 31.1 Å². The Morgan fingerprint density at radius 2 is 1.74 bits per heavy atom. The van der Waals surface area contributed by atoms with Gasteiger partial charge in [0.2, 0.25) is 0 Å². The first-order chi connectivity index (χ1) is 18.9. The molecule has 4 aromatic rings. The number of fused-ring (bicyclic) bond motifs is 1. The predicted octanol–water partition coefficient (Wildman–Crippen LogP) is 4.07. The molecule has 8 heteroatoms. The van der Waals surface area contributed by atoms with Gasteiger partial charge < -0.3 is 30.6 Å². The van der Waals surface area contributed by atoms with Crippen LogP contribution in [0.1, 0.15) is 46.5 Å². The van der Waals surface area contributed by atoms with Gasteiger partial charge in [-0.2, -0.15) is 0 Å². The summed E-state index contributed by atoms with van der Waals surface area (Å²) in [6.45, 7) is 3.95. The summed E-state index contributed by atoms with van der Waals surface area (Å²) >= 11 is 0. The van der Waals surface area contributed by atoms with Crippen LogP contribution in [0, 0.1) is 0 Å². The van der Waals surface area contributed by atoms with Crippen molar-refractivity contribution in [2.75, 3.05) is 19.8 Å². The minimum Gasteiger partial charge on any atom is -0.490 e. The van der Waals surface area contributed by atoms with Crippen LogP contribution in [0.25, 0.3) is 22.0 Å². The highest BCUT2D eigenvalue weighted by atomic mass is 16.5. The molecule has 1 atom stereocenters. The van der Waals surface area contributed by atoms with Crippen LogP contribution in [0.15, 0.2) is 72.9 Å². The average molecular weight is 530 g/mol. The van der Waals surface area contributed by atoms with Crippen molar-refractivity contribution < 1.29 is 24.5 Å². The van der Waals surface area contributed by atoms with Crippen molar-refractivity contribution in [2.45, 2.75) is 38.8 Å². The number of carbonyl (C=O) groups excluding carboxylic acids is 2. The monoisotopic (exact) mass is 529 g/mol. The SMILES string of the molecule is CC(C)Oc1ccc(-c2cccc(C(=O)NCCCO)c2)cc1C(=O)N[C@@H](CO)Cc1c[nH]c2ccccc12. The van der Waals surface area contributed by atoms with Crippen molar-refractivity contribution in [2.24, 2.45) is 0 Å². The van der Waals surface area contributed by atoms with Crippen LogP contribution in [-0.2, 0) is 6.42 Å². The first kappa shape index (κ1) is 27.9. The third-order valence-corrected chi connectivity index (χ3v) is 6.36. The van der Waals surface area contributed by atoms with Gasteiger partial charge in [-0.05, 0) is 73.7 Å². The predicted molar refractivity (Wildman–Crippen MR) is 152 cm³/mol. The van der Waals surface area contributed by atoms with Crippen LogP contribution in [-0.4, -0.2) is 58.9 Å². The Bertz CT molecular complexity index is 1430. The molecular weight excluding hydrogens is 494 g/mol. The lowest BCUT2D eigenvalue weighted by Crippen LogP contribution is -2.39. The highest BCUT2D eigenvalue weighted by Crippen LogP contribution is 2.29. The van der Waals surface area contributed by atoms with Gasteiger partial charge in [-0.25, -0.2) is 0 Å². The molecule has 0 aliphatic carbocycles. The lowest BCUT2D eigenvalue weighted by molar-refractivity contribution is 0.0909. The standard InChI is InChI=1S/C31H35N3O5/c1-20(2)39-29-12-11-22(21-7-5-8-23(15-21)30(37)32-13-6-14-35)17-27(29)31(38)34-25(19-36)16-24-18-33-28-10-4-3-9-26(24)28/h3-5,7-12,15,17-18,20,25,33,35-36H,6,13-14,16,19H2,1-2H3,(H,32,37)(H,34,38)/t25-/m1/s1. The molecule has 3 aromatic carbocycles. The van der Waals surface area contributed by atoms with E-state index < -0.39 is 6.04 Å². The van der Waals surface area contributed by atoms with Crippen LogP contribution in [0.5, 0.6) is 5.75 Å². The molecule has 1 heterocycles. The molecule has 0 fully saturated rings. The van der Waals surface area contributed by atoms with Crippen molar-refractivity contribution in [3.8, 4) is 16.9 Å². The molecule has 0 radical (unpaired) electrons. The number of para-hydroxylation sites is 1. The zero-order valence-corrected chi connectivity index (χ0v) is 22.2. The minimum absolute atomic E-state index is 0.00881. The summed E-state index contributed by atoms with van der Waals surface area (Å²) in [6.07, 6.45) is 2.70. The molecule has 1 aromatic heterocycles. The van der Waals surface area contributed by atoms with Gasteiger partial charge in [0.25, 0.3) is 11.8 Å². The van der Waals surface area contributed by atoms with E-state index in [1.807, 2.05) is 56.4 Å². The van der Waals surface area contributed by atoms with Crippen LogP contribution in [0.3, 0.4) is 0 Å². The number of nitrogens with one attached hydrogen (secondary N) is 3. The van der Waals surface area contributed by atoms with Gasteiger partial charge in [0.05, 0.1) is 24.3 Å². The van der Waals surface area contributed by atoms with Gasteiger partial charge in [0.1, 0.15) is 5.75 Å². The second kappa shape index (κ2) is 13.1. The number of hydrogen-bond acceptors (Lipinski definition) is 5. The fourth-order valence-corrected chi connectivity index (χ4v) is 4.46. The number of benzene rings is 3. The smallest absolute Gasteiger partial charge is 0.255 e. The number of ether oxygens (including phenoxy) is 1.